The van der Waals surface area contributed by atoms with E-state index in [9.17, 15) is 0 Å². The van der Waals surface area contributed by atoms with E-state index in [-0.39, 0.29) is 0 Å². The van der Waals surface area contributed by atoms with Crippen LogP contribution in [0.5, 0.6) is 5.75 Å². The number of benzene rings is 1. The van der Waals surface area contributed by atoms with Gasteiger partial charge in [0.1, 0.15) is 5.75 Å². The van der Waals surface area contributed by atoms with Gasteiger partial charge in [-0.15, -0.1) is 0 Å². The van der Waals surface area contributed by atoms with E-state index in [0.29, 0.717) is 0 Å². The smallest absolute Gasteiger partial charge is 0.161 e. The lowest BCUT2D eigenvalue weighted by Crippen LogP contribution is -2.05. The van der Waals surface area contributed by atoms with Gasteiger partial charge < -0.3 is 10.1 Å². The Hall–Kier alpha value is -0.680. The second kappa shape index (κ2) is 4.90. The molecule has 15 heavy (non-hydrogen) atoms. The number of thioether (sulfide) groups is 1. The van der Waals surface area contributed by atoms with Gasteiger partial charge in [0.05, 0.1) is 19.3 Å². The molecule has 0 spiro atoms. The summed E-state index contributed by atoms with van der Waals surface area (Å²) < 4.78 is 6.18. The van der Waals surface area contributed by atoms with Crippen molar-refractivity contribution < 1.29 is 4.74 Å². The summed E-state index contributed by atoms with van der Waals surface area (Å²) in [7, 11) is 1.66. The maximum atomic E-state index is 5.17. The standard InChI is InChI=1S/C10H11BrN2OS/c1-14-7-2-3-8(11)9(6-7)13-10-12-4-5-15-10/h2-3,6H,4-5H2,1H3,(H,12,13). The second-order valence-electron chi connectivity index (χ2n) is 3.01. The van der Waals surface area contributed by atoms with Crippen molar-refractivity contribution in [3.63, 3.8) is 0 Å². The molecule has 0 fully saturated rings. The number of hydrogen-bond acceptors (Lipinski definition) is 4. The highest BCUT2D eigenvalue weighted by molar-refractivity contribution is 9.10. The summed E-state index contributed by atoms with van der Waals surface area (Å²) in [6.45, 7) is 0.897. The molecule has 0 aliphatic carbocycles. The Bertz CT molecular complexity index is 395. The predicted octanol–water partition coefficient (Wildman–Crippen LogP) is 2.97. The molecule has 0 radical (unpaired) electrons. The van der Waals surface area contributed by atoms with Gasteiger partial charge in [0, 0.05) is 16.3 Å². The lowest BCUT2D eigenvalue weighted by molar-refractivity contribution is 0.415. The summed E-state index contributed by atoms with van der Waals surface area (Å²) in [5.74, 6) is 1.90. The third-order valence-electron chi connectivity index (χ3n) is 2.00. The first kappa shape index (κ1) is 10.8. The van der Waals surface area contributed by atoms with Gasteiger partial charge in [-0.3, -0.25) is 4.99 Å². The van der Waals surface area contributed by atoms with E-state index in [0.717, 1.165) is 33.4 Å². The van der Waals surface area contributed by atoms with Crippen LogP contribution >= 0.6 is 27.7 Å². The molecule has 0 saturated heterocycles. The van der Waals surface area contributed by atoms with Crippen molar-refractivity contribution in [2.75, 3.05) is 24.7 Å². The van der Waals surface area contributed by atoms with E-state index in [1.165, 1.54) is 0 Å². The molecular formula is C10H11BrN2OS. The number of halogens is 1. The molecule has 0 saturated carbocycles. The van der Waals surface area contributed by atoms with Crippen molar-refractivity contribution in [3.8, 4) is 5.75 Å². The van der Waals surface area contributed by atoms with Gasteiger partial charge in [-0.05, 0) is 28.1 Å². The van der Waals surface area contributed by atoms with Crippen molar-refractivity contribution in [1.82, 2.24) is 0 Å². The van der Waals surface area contributed by atoms with E-state index in [1.807, 2.05) is 18.2 Å². The summed E-state index contributed by atoms with van der Waals surface area (Å²) >= 11 is 5.22. The number of aliphatic imine (C=N–C) groups is 1. The largest absolute Gasteiger partial charge is 0.497 e. The van der Waals surface area contributed by atoms with E-state index in [4.69, 9.17) is 4.74 Å². The first-order chi connectivity index (χ1) is 7.29. The third-order valence-corrected chi connectivity index (χ3v) is 3.58. The number of nitrogens with one attached hydrogen (secondary N) is 1. The maximum absolute atomic E-state index is 5.17. The Morgan fingerprint density at radius 2 is 2.40 bits per heavy atom. The quantitative estimate of drug-likeness (QED) is 0.908. The zero-order valence-corrected chi connectivity index (χ0v) is 10.7. The highest BCUT2D eigenvalue weighted by atomic mass is 79.9. The van der Waals surface area contributed by atoms with Crippen molar-refractivity contribution in [3.05, 3.63) is 22.7 Å². The normalized spacial score (nSPS) is 14.9. The Kier molecular flexibility index (Phi) is 3.53. The molecule has 80 valence electrons. The molecule has 0 amide bonds. The molecule has 1 N–H and O–H groups in total. The van der Waals surface area contributed by atoms with Gasteiger partial charge in [-0.1, -0.05) is 11.8 Å². The molecule has 1 aromatic rings. The minimum atomic E-state index is 0.837. The van der Waals surface area contributed by atoms with Crippen molar-refractivity contribution in [1.29, 1.82) is 0 Å². The van der Waals surface area contributed by atoms with Gasteiger partial charge in [0.2, 0.25) is 0 Å². The van der Waals surface area contributed by atoms with Crippen LogP contribution in [0.25, 0.3) is 0 Å². The summed E-state index contributed by atoms with van der Waals surface area (Å²) in [6.07, 6.45) is 0. The van der Waals surface area contributed by atoms with Crippen LogP contribution < -0.4 is 10.1 Å². The molecule has 0 atom stereocenters. The average Bonchev–Trinajstić information content (AvgIpc) is 2.74. The van der Waals surface area contributed by atoms with Crippen LogP contribution in [0.2, 0.25) is 0 Å². The lowest BCUT2D eigenvalue weighted by atomic mass is 10.3. The van der Waals surface area contributed by atoms with Crippen LogP contribution in [0, 0.1) is 0 Å². The zero-order chi connectivity index (χ0) is 10.7. The van der Waals surface area contributed by atoms with Gasteiger partial charge >= 0.3 is 0 Å². The monoisotopic (exact) mass is 286 g/mol. The van der Waals surface area contributed by atoms with Crippen molar-refractivity contribution in [2.24, 2.45) is 4.99 Å². The molecule has 0 bridgehead atoms. The first-order valence-electron chi connectivity index (χ1n) is 4.57. The Labute approximate surface area is 101 Å². The Morgan fingerprint density at radius 1 is 1.53 bits per heavy atom. The van der Waals surface area contributed by atoms with Crippen LogP contribution in [-0.2, 0) is 0 Å². The number of methoxy groups -OCH3 is 1. The third kappa shape index (κ3) is 2.66. The van der Waals surface area contributed by atoms with Crippen LogP contribution in [0.1, 0.15) is 0 Å². The Morgan fingerprint density at radius 3 is 3.07 bits per heavy atom. The first-order valence-corrected chi connectivity index (χ1v) is 6.35. The van der Waals surface area contributed by atoms with Gasteiger partial charge in [-0.25, -0.2) is 0 Å². The summed E-state index contributed by atoms with van der Waals surface area (Å²) in [5.41, 5.74) is 0.988. The molecule has 1 aromatic carbocycles. The van der Waals surface area contributed by atoms with Crippen molar-refractivity contribution in [2.45, 2.75) is 0 Å². The maximum Gasteiger partial charge on any atom is 0.161 e. The van der Waals surface area contributed by atoms with E-state index in [1.54, 1.807) is 18.9 Å². The molecule has 1 aliphatic heterocycles. The summed E-state index contributed by atoms with van der Waals surface area (Å²) in [5, 5.41) is 4.25. The number of anilines is 1. The highest BCUT2D eigenvalue weighted by Gasteiger charge is 2.09. The van der Waals surface area contributed by atoms with E-state index in [2.05, 4.69) is 26.2 Å². The number of amidine groups is 1. The summed E-state index contributed by atoms with van der Waals surface area (Å²) in [4.78, 5) is 4.33. The van der Waals surface area contributed by atoms with Gasteiger partial charge in [0.15, 0.2) is 5.17 Å². The fraction of sp³-hybridized carbons (Fsp3) is 0.300. The fourth-order valence-electron chi connectivity index (χ4n) is 1.25. The van der Waals surface area contributed by atoms with Crippen LogP contribution in [-0.4, -0.2) is 24.6 Å². The number of hydrogen-bond donors (Lipinski definition) is 1. The highest BCUT2D eigenvalue weighted by Crippen LogP contribution is 2.28. The molecule has 5 heteroatoms. The zero-order valence-electron chi connectivity index (χ0n) is 8.29. The number of rotatable bonds is 2. The minimum absolute atomic E-state index is 0.837. The SMILES string of the molecule is COc1ccc(Br)c(NC2=NCCS2)c1. The van der Waals surface area contributed by atoms with Crippen molar-refractivity contribution >= 4 is 38.5 Å². The summed E-state index contributed by atoms with van der Waals surface area (Å²) in [6, 6.07) is 5.83. The fourth-order valence-corrected chi connectivity index (χ4v) is 2.34. The van der Waals surface area contributed by atoms with E-state index >= 15 is 0 Å². The molecule has 1 aliphatic rings. The number of nitrogens with zero attached hydrogens (tertiary/aromatic N) is 1. The predicted molar refractivity (Wildman–Crippen MR) is 69.1 cm³/mol. The van der Waals surface area contributed by atoms with Crippen LogP contribution in [0.3, 0.4) is 0 Å². The molecule has 0 aromatic heterocycles. The average molecular weight is 287 g/mol. The topological polar surface area (TPSA) is 33.6 Å². The van der Waals surface area contributed by atoms with Crippen LogP contribution in [0.15, 0.2) is 27.7 Å². The number of ether oxygens (including phenoxy) is 1. The van der Waals surface area contributed by atoms with Crippen LogP contribution in [0.4, 0.5) is 5.69 Å². The molecule has 1 heterocycles. The second-order valence-corrected chi connectivity index (χ2v) is 4.94. The molecule has 0 unspecified atom stereocenters. The van der Waals surface area contributed by atoms with Gasteiger partial charge in [-0.2, -0.15) is 0 Å². The Balaban J connectivity index is 2.18. The van der Waals surface area contributed by atoms with Gasteiger partial charge in [0.25, 0.3) is 0 Å². The lowest BCUT2D eigenvalue weighted by Gasteiger charge is -2.09. The molecule has 3 nitrogen and oxygen atoms in total. The molecule has 2 rings (SSSR count). The van der Waals surface area contributed by atoms with E-state index < -0.39 is 0 Å². The molecular weight excluding hydrogens is 276 g/mol. The minimum Gasteiger partial charge on any atom is -0.497 e.